The maximum absolute atomic E-state index is 14.1. The number of fused-ring (bicyclic) bond motifs is 1. The highest BCUT2D eigenvalue weighted by molar-refractivity contribution is 6.15. The number of ether oxygens (including phenoxy) is 1. The van der Waals surface area contributed by atoms with E-state index >= 15 is 0 Å². The first-order valence-corrected chi connectivity index (χ1v) is 9.61. The van der Waals surface area contributed by atoms with Crippen LogP contribution in [0.25, 0.3) is 0 Å². The van der Waals surface area contributed by atoms with Crippen LogP contribution in [0.3, 0.4) is 0 Å². The number of nitrogens with two attached hydrogens (primary N) is 1. The molecule has 148 valence electrons. The van der Waals surface area contributed by atoms with Crippen LogP contribution in [-0.2, 0) is 14.3 Å². The third kappa shape index (κ3) is 2.74. The van der Waals surface area contributed by atoms with E-state index in [2.05, 4.69) is 0 Å². The lowest BCUT2D eigenvalue weighted by atomic mass is 9.93. The van der Waals surface area contributed by atoms with E-state index in [4.69, 9.17) is 10.5 Å². The van der Waals surface area contributed by atoms with Gasteiger partial charge in [-0.05, 0) is 37.5 Å². The number of hydrogen-bond donors (Lipinski definition) is 1. The van der Waals surface area contributed by atoms with Crippen LogP contribution in [0.2, 0.25) is 0 Å². The number of halogens is 2. The summed E-state index contributed by atoms with van der Waals surface area (Å²) in [6, 6.07) is 2.69. The van der Waals surface area contributed by atoms with E-state index in [1.54, 1.807) is 6.20 Å². The van der Waals surface area contributed by atoms with Gasteiger partial charge in [0.1, 0.15) is 17.7 Å². The highest BCUT2D eigenvalue weighted by Crippen LogP contribution is 2.40. The van der Waals surface area contributed by atoms with Gasteiger partial charge in [-0.3, -0.25) is 14.5 Å². The molecule has 8 heteroatoms. The molecule has 4 aliphatic rings. The zero-order valence-electron chi connectivity index (χ0n) is 15.2. The summed E-state index contributed by atoms with van der Waals surface area (Å²) in [5, 5.41) is 0. The Morgan fingerprint density at radius 2 is 1.93 bits per heavy atom. The zero-order chi connectivity index (χ0) is 19.6. The maximum Gasteiger partial charge on any atom is 0.259 e. The SMILES string of the molecule is N[C@H]1C[C@@H](N2C=C3C(=O)N(C4CC4)C(=O)C3C2)CO[C@@H]1c1cc(F)ccc1F. The van der Waals surface area contributed by atoms with Crippen LogP contribution in [0.15, 0.2) is 30.0 Å². The monoisotopic (exact) mass is 389 g/mol. The van der Waals surface area contributed by atoms with Crippen molar-refractivity contribution < 1.29 is 23.1 Å². The van der Waals surface area contributed by atoms with Crippen molar-refractivity contribution in [2.75, 3.05) is 13.2 Å². The molecule has 4 atom stereocenters. The molecule has 1 aliphatic carbocycles. The summed E-state index contributed by atoms with van der Waals surface area (Å²) in [7, 11) is 0. The van der Waals surface area contributed by atoms with Gasteiger partial charge in [-0.25, -0.2) is 8.78 Å². The van der Waals surface area contributed by atoms with E-state index in [9.17, 15) is 18.4 Å². The first-order chi connectivity index (χ1) is 13.4. The van der Waals surface area contributed by atoms with Gasteiger partial charge in [-0.1, -0.05) is 0 Å². The van der Waals surface area contributed by atoms with Crippen LogP contribution in [-0.4, -0.2) is 52.9 Å². The van der Waals surface area contributed by atoms with E-state index in [0.717, 1.165) is 31.0 Å². The molecule has 3 fully saturated rings. The molecule has 2 saturated heterocycles. The number of imide groups is 1. The van der Waals surface area contributed by atoms with E-state index < -0.39 is 29.7 Å². The average molecular weight is 389 g/mol. The Hall–Kier alpha value is -2.32. The van der Waals surface area contributed by atoms with Crippen LogP contribution >= 0.6 is 0 Å². The second-order valence-electron chi connectivity index (χ2n) is 8.05. The zero-order valence-corrected chi connectivity index (χ0v) is 15.2. The minimum Gasteiger partial charge on any atom is -0.370 e. The molecular formula is C20H21F2N3O3. The average Bonchev–Trinajstić information content (AvgIpc) is 3.34. The Morgan fingerprint density at radius 1 is 1.14 bits per heavy atom. The fourth-order valence-electron chi connectivity index (χ4n) is 4.51. The summed E-state index contributed by atoms with van der Waals surface area (Å²) in [6.45, 7) is 0.697. The number of hydrogen-bond acceptors (Lipinski definition) is 5. The molecule has 2 N–H and O–H groups in total. The predicted octanol–water partition coefficient (Wildman–Crippen LogP) is 1.47. The van der Waals surface area contributed by atoms with Gasteiger partial charge in [0.2, 0.25) is 5.91 Å². The van der Waals surface area contributed by atoms with Crippen molar-refractivity contribution in [3.8, 4) is 0 Å². The lowest BCUT2D eigenvalue weighted by Crippen LogP contribution is -2.48. The molecule has 0 aromatic heterocycles. The van der Waals surface area contributed by atoms with Crippen LogP contribution in [0.1, 0.15) is 30.9 Å². The topological polar surface area (TPSA) is 75.9 Å². The normalized spacial score (nSPS) is 32.8. The maximum atomic E-state index is 14.1. The van der Waals surface area contributed by atoms with Crippen LogP contribution in [0.5, 0.6) is 0 Å². The molecule has 5 rings (SSSR count). The van der Waals surface area contributed by atoms with Crippen molar-refractivity contribution in [3.05, 3.63) is 47.2 Å². The minimum atomic E-state index is -0.727. The highest BCUT2D eigenvalue weighted by Gasteiger charge is 2.52. The van der Waals surface area contributed by atoms with Crippen LogP contribution in [0.4, 0.5) is 8.78 Å². The summed E-state index contributed by atoms with van der Waals surface area (Å²) in [6.07, 6.45) is 3.31. The first kappa shape index (κ1) is 17.8. The number of benzene rings is 1. The van der Waals surface area contributed by atoms with E-state index in [-0.39, 0.29) is 36.1 Å². The van der Waals surface area contributed by atoms with Gasteiger partial charge < -0.3 is 15.4 Å². The van der Waals surface area contributed by atoms with Gasteiger partial charge in [0, 0.05) is 36.0 Å². The second-order valence-corrected chi connectivity index (χ2v) is 8.05. The lowest BCUT2D eigenvalue weighted by Gasteiger charge is -2.39. The molecule has 1 saturated carbocycles. The molecule has 1 unspecified atom stereocenters. The van der Waals surface area contributed by atoms with Crippen molar-refractivity contribution in [1.29, 1.82) is 0 Å². The third-order valence-electron chi connectivity index (χ3n) is 6.12. The van der Waals surface area contributed by atoms with Gasteiger partial charge in [0.05, 0.1) is 18.6 Å². The second kappa shape index (κ2) is 6.35. The molecule has 0 bridgehead atoms. The molecule has 0 radical (unpaired) electrons. The third-order valence-corrected chi connectivity index (χ3v) is 6.12. The van der Waals surface area contributed by atoms with Gasteiger partial charge in [0.25, 0.3) is 5.91 Å². The Balaban J connectivity index is 1.30. The van der Waals surface area contributed by atoms with E-state index in [1.807, 2.05) is 4.90 Å². The Morgan fingerprint density at radius 3 is 2.61 bits per heavy atom. The molecule has 1 aromatic rings. The fourth-order valence-corrected chi connectivity index (χ4v) is 4.51. The molecule has 2 amide bonds. The number of likely N-dealkylation sites (tertiary alicyclic amines) is 1. The molecular weight excluding hydrogens is 368 g/mol. The fraction of sp³-hybridized carbons (Fsp3) is 0.500. The minimum absolute atomic E-state index is 0.0771. The molecule has 28 heavy (non-hydrogen) atoms. The van der Waals surface area contributed by atoms with Crippen LogP contribution < -0.4 is 5.73 Å². The van der Waals surface area contributed by atoms with Gasteiger partial charge in [-0.2, -0.15) is 0 Å². The number of carbonyl (C=O) groups is 2. The van der Waals surface area contributed by atoms with Crippen molar-refractivity contribution in [3.63, 3.8) is 0 Å². The van der Waals surface area contributed by atoms with Gasteiger partial charge >= 0.3 is 0 Å². The summed E-state index contributed by atoms with van der Waals surface area (Å²) < 4.78 is 33.4. The quantitative estimate of drug-likeness (QED) is 0.793. The molecule has 0 spiro atoms. The number of nitrogens with zero attached hydrogens (tertiary/aromatic N) is 2. The lowest BCUT2D eigenvalue weighted by molar-refractivity contribution is -0.140. The van der Waals surface area contributed by atoms with Gasteiger partial charge in [0.15, 0.2) is 0 Å². The summed E-state index contributed by atoms with van der Waals surface area (Å²) in [4.78, 5) is 28.5. The molecule has 3 heterocycles. The largest absolute Gasteiger partial charge is 0.370 e. The van der Waals surface area contributed by atoms with Crippen molar-refractivity contribution in [1.82, 2.24) is 9.80 Å². The Labute approximate surface area is 160 Å². The number of carbonyl (C=O) groups excluding carboxylic acids is 2. The molecule has 1 aromatic carbocycles. The van der Waals surface area contributed by atoms with Gasteiger partial charge in [-0.15, -0.1) is 0 Å². The summed E-state index contributed by atoms with van der Waals surface area (Å²) in [5.74, 6) is -1.79. The first-order valence-electron chi connectivity index (χ1n) is 9.61. The summed E-state index contributed by atoms with van der Waals surface area (Å²) >= 11 is 0. The standard InChI is InChI=1S/C20H21F2N3O3/c21-10-1-4-16(22)13(5-10)18-17(23)6-12(9-28-18)24-7-14-15(8-24)20(27)25(19(14)26)11-2-3-11/h1,4-5,7,11-12,15,17-18H,2-3,6,8-9,23H2/t12-,15?,17+,18-/m1/s1. The predicted molar refractivity (Wildman–Crippen MR) is 94.6 cm³/mol. The van der Waals surface area contributed by atoms with E-state index in [0.29, 0.717) is 18.5 Å². The summed E-state index contributed by atoms with van der Waals surface area (Å²) in [5.41, 5.74) is 6.89. The Bertz CT molecular complexity index is 885. The number of amides is 2. The number of rotatable bonds is 3. The highest BCUT2D eigenvalue weighted by atomic mass is 19.1. The molecule has 6 nitrogen and oxygen atoms in total. The molecule has 3 aliphatic heterocycles. The Kier molecular flexibility index (Phi) is 4.03. The van der Waals surface area contributed by atoms with E-state index in [1.165, 1.54) is 4.90 Å². The van der Waals surface area contributed by atoms with Crippen LogP contribution in [0, 0.1) is 17.6 Å². The smallest absolute Gasteiger partial charge is 0.259 e. The van der Waals surface area contributed by atoms with Crippen molar-refractivity contribution in [2.45, 2.75) is 43.5 Å². The van der Waals surface area contributed by atoms with Crippen molar-refractivity contribution in [2.24, 2.45) is 11.7 Å². The van der Waals surface area contributed by atoms with Crippen molar-refractivity contribution >= 4 is 11.8 Å².